The molecule has 0 saturated carbocycles. The van der Waals surface area contributed by atoms with Crippen molar-refractivity contribution in [2.45, 2.75) is 44.6 Å². The van der Waals surface area contributed by atoms with Crippen LogP contribution in [0.4, 0.5) is 5.69 Å². The number of nitrogens with one attached hydrogen (secondary N) is 1. The minimum atomic E-state index is -1.62. The zero-order valence-corrected chi connectivity index (χ0v) is 27.2. The lowest BCUT2D eigenvalue weighted by Gasteiger charge is -2.48. The van der Waals surface area contributed by atoms with Gasteiger partial charge >= 0.3 is 11.9 Å². The molecular weight excluding hydrogens is 612 g/mol. The SMILES string of the molecule is CCOC(=O)[C@@H]1c2[nH]c3ccccc3c2[C@@H](c2ccc(C)cc2)[C@]2(C(=O)N(Cc3ccccc3)c3ccc(Cl)cc32)[C@H]1C(=O)OCC. The predicted octanol–water partition coefficient (Wildman–Crippen LogP) is 7.59. The highest BCUT2D eigenvalue weighted by atomic mass is 35.5. The number of amides is 1. The number of benzene rings is 4. The third-order valence-corrected chi connectivity index (χ3v) is 9.86. The number of aromatic nitrogens is 1. The maximum Gasteiger partial charge on any atom is 0.315 e. The highest BCUT2D eigenvalue weighted by molar-refractivity contribution is 6.31. The summed E-state index contributed by atoms with van der Waals surface area (Å²) in [5.41, 5.74) is 4.54. The smallest absolute Gasteiger partial charge is 0.315 e. The third kappa shape index (κ3) is 4.75. The largest absolute Gasteiger partial charge is 0.466 e. The summed E-state index contributed by atoms with van der Waals surface area (Å²) in [5, 5.41) is 1.28. The Labute approximate surface area is 278 Å². The van der Waals surface area contributed by atoms with E-state index < -0.39 is 35.1 Å². The van der Waals surface area contributed by atoms with Gasteiger partial charge in [0.1, 0.15) is 11.3 Å². The number of esters is 2. The van der Waals surface area contributed by atoms with Gasteiger partial charge < -0.3 is 19.4 Å². The van der Waals surface area contributed by atoms with Crippen LogP contribution in [0.15, 0.2) is 97.1 Å². The second kappa shape index (κ2) is 12.0. The third-order valence-electron chi connectivity index (χ3n) is 9.63. The molecule has 2 heterocycles. The van der Waals surface area contributed by atoms with Crippen LogP contribution in [0.2, 0.25) is 5.02 Å². The van der Waals surface area contributed by atoms with Crippen LogP contribution in [0.25, 0.3) is 10.9 Å². The Morgan fingerprint density at radius 1 is 0.872 bits per heavy atom. The van der Waals surface area contributed by atoms with Crippen LogP contribution in [0.1, 0.15) is 59.2 Å². The number of para-hydroxylation sites is 1. The molecule has 0 unspecified atom stereocenters. The van der Waals surface area contributed by atoms with Crippen molar-refractivity contribution in [2.75, 3.05) is 18.1 Å². The van der Waals surface area contributed by atoms with Crippen LogP contribution in [0, 0.1) is 12.8 Å². The number of rotatable bonds is 7. The number of fused-ring (bicyclic) bond motifs is 5. The van der Waals surface area contributed by atoms with E-state index in [1.165, 1.54) is 0 Å². The summed E-state index contributed by atoms with van der Waals surface area (Å²) < 4.78 is 11.5. The predicted molar refractivity (Wildman–Crippen MR) is 182 cm³/mol. The molecule has 1 aliphatic heterocycles. The van der Waals surface area contributed by atoms with Gasteiger partial charge in [-0.15, -0.1) is 0 Å². The average Bonchev–Trinajstić information content (AvgIpc) is 3.55. The molecule has 1 spiro atoms. The monoisotopic (exact) mass is 646 g/mol. The molecule has 1 aromatic heterocycles. The van der Waals surface area contributed by atoms with E-state index in [1.807, 2.05) is 91.9 Å². The van der Waals surface area contributed by atoms with Gasteiger partial charge in [0.25, 0.3) is 0 Å². The average molecular weight is 647 g/mol. The summed E-state index contributed by atoms with van der Waals surface area (Å²) in [4.78, 5) is 49.8. The van der Waals surface area contributed by atoms with Crippen molar-refractivity contribution < 1.29 is 23.9 Å². The summed E-state index contributed by atoms with van der Waals surface area (Å²) in [7, 11) is 0. The molecule has 4 aromatic carbocycles. The van der Waals surface area contributed by atoms with Gasteiger partial charge in [-0.1, -0.05) is 90.0 Å². The van der Waals surface area contributed by atoms with Gasteiger partial charge in [-0.25, -0.2) is 0 Å². The molecule has 8 heteroatoms. The molecule has 2 aliphatic rings. The molecule has 0 radical (unpaired) electrons. The lowest BCUT2D eigenvalue weighted by atomic mass is 9.51. The number of H-pyrrole nitrogens is 1. The van der Waals surface area contributed by atoms with Crippen molar-refractivity contribution in [3.05, 3.63) is 136 Å². The van der Waals surface area contributed by atoms with E-state index in [2.05, 4.69) is 4.98 Å². The zero-order valence-electron chi connectivity index (χ0n) is 26.5. The normalized spacial score (nSPS) is 21.5. The highest BCUT2D eigenvalue weighted by Gasteiger charge is 2.69. The topological polar surface area (TPSA) is 88.7 Å². The van der Waals surface area contributed by atoms with Gasteiger partial charge in [0, 0.05) is 33.2 Å². The van der Waals surface area contributed by atoms with Crippen LogP contribution in [0.3, 0.4) is 0 Å². The Kier molecular flexibility index (Phi) is 7.88. The molecule has 1 aliphatic carbocycles. The molecule has 7 rings (SSSR count). The lowest BCUT2D eigenvalue weighted by molar-refractivity contribution is -0.163. The standard InChI is InChI=1S/C39H35ClN2O5/c1-4-46-36(43)32-34(37(44)47-5-2)39(28-21-26(40)19-20-30(28)42(38(39)45)22-24-11-7-6-8-12-24)33(25-17-15-23(3)16-18-25)31-27-13-9-10-14-29(27)41-35(31)32/h6-21,32-34,41H,4-5,22H2,1-3H3/t32-,33+,34+,39-/m0/s1. The molecule has 7 nitrogen and oxygen atoms in total. The number of carbonyl (C=O) groups excluding carboxylic acids is 3. The highest BCUT2D eigenvalue weighted by Crippen LogP contribution is 2.64. The van der Waals surface area contributed by atoms with Gasteiger partial charge in [0.05, 0.1) is 25.7 Å². The Bertz CT molecular complexity index is 2000. The fourth-order valence-electron chi connectivity index (χ4n) is 7.83. The van der Waals surface area contributed by atoms with Gasteiger partial charge in [0.15, 0.2) is 0 Å². The number of aryl methyl sites for hydroxylation is 1. The second-order valence-corrected chi connectivity index (χ2v) is 12.6. The number of halogens is 1. The quantitative estimate of drug-likeness (QED) is 0.184. The van der Waals surface area contributed by atoms with Crippen LogP contribution in [-0.4, -0.2) is 36.0 Å². The maximum atomic E-state index is 15.7. The number of carbonyl (C=O) groups is 3. The summed E-state index contributed by atoms with van der Waals surface area (Å²) in [6.45, 7) is 5.89. The summed E-state index contributed by atoms with van der Waals surface area (Å²) in [6.07, 6.45) is 0. The second-order valence-electron chi connectivity index (χ2n) is 12.2. The van der Waals surface area contributed by atoms with Crippen molar-refractivity contribution in [3.8, 4) is 0 Å². The van der Waals surface area contributed by atoms with Gasteiger partial charge in [-0.2, -0.15) is 0 Å². The fourth-order valence-corrected chi connectivity index (χ4v) is 8.00. The first-order chi connectivity index (χ1) is 22.8. The van der Waals surface area contributed by atoms with E-state index >= 15 is 4.79 Å². The Balaban J connectivity index is 1.63. The van der Waals surface area contributed by atoms with Crippen molar-refractivity contribution in [1.82, 2.24) is 4.98 Å². The number of hydrogen-bond acceptors (Lipinski definition) is 5. The fraction of sp³-hybridized carbons (Fsp3) is 0.256. The number of hydrogen-bond donors (Lipinski definition) is 1. The molecule has 0 fully saturated rings. The van der Waals surface area contributed by atoms with E-state index in [4.69, 9.17) is 21.1 Å². The Morgan fingerprint density at radius 3 is 2.28 bits per heavy atom. The van der Waals surface area contributed by atoms with Crippen molar-refractivity contribution in [3.63, 3.8) is 0 Å². The molecule has 238 valence electrons. The molecule has 1 N–H and O–H groups in total. The van der Waals surface area contributed by atoms with E-state index in [-0.39, 0.29) is 25.7 Å². The van der Waals surface area contributed by atoms with E-state index in [0.717, 1.165) is 33.2 Å². The van der Waals surface area contributed by atoms with Gasteiger partial charge in [-0.05, 0) is 67.3 Å². The first kappa shape index (κ1) is 30.8. The molecule has 47 heavy (non-hydrogen) atoms. The van der Waals surface area contributed by atoms with Crippen molar-refractivity contribution in [2.24, 2.45) is 5.92 Å². The van der Waals surface area contributed by atoms with Crippen LogP contribution in [0.5, 0.6) is 0 Å². The lowest BCUT2D eigenvalue weighted by Crippen LogP contribution is -2.58. The summed E-state index contributed by atoms with van der Waals surface area (Å²) in [5.74, 6) is -4.68. The molecular formula is C39H35ClN2O5. The van der Waals surface area contributed by atoms with Crippen molar-refractivity contribution in [1.29, 1.82) is 0 Å². The summed E-state index contributed by atoms with van der Waals surface area (Å²) in [6, 6.07) is 30.9. The van der Waals surface area contributed by atoms with E-state index in [1.54, 1.807) is 30.9 Å². The van der Waals surface area contributed by atoms with E-state index in [9.17, 15) is 9.59 Å². The Hall–Kier alpha value is -4.88. The van der Waals surface area contributed by atoms with Gasteiger partial charge in [0.2, 0.25) is 5.91 Å². The number of aromatic amines is 1. The van der Waals surface area contributed by atoms with Gasteiger partial charge in [-0.3, -0.25) is 14.4 Å². The number of ether oxygens (including phenoxy) is 2. The molecule has 0 bridgehead atoms. The maximum absolute atomic E-state index is 15.7. The first-order valence-electron chi connectivity index (χ1n) is 16.0. The van der Waals surface area contributed by atoms with Crippen LogP contribution in [-0.2, 0) is 35.8 Å². The minimum absolute atomic E-state index is 0.0695. The van der Waals surface area contributed by atoms with Crippen molar-refractivity contribution >= 4 is 46.0 Å². The molecule has 1 amide bonds. The number of nitrogens with zero attached hydrogens (tertiary/aromatic N) is 1. The van der Waals surface area contributed by atoms with E-state index in [0.29, 0.717) is 22.0 Å². The summed E-state index contributed by atoms with van der Waals surface area (Å²) >= 11 is 6.76. The number of anilines is 1. The molecule has 0 saturated heterocycles. The zero-order chi connectivity index (χ0) is 32.9. The molecule has 4 atom stereocenters. The first-order valence-corrected chi connectivity index (χ1v) is 16.3. The minimum Gasteiger partial charge on any atom is -0.466 e. The van der Waals surface area contributed by atoms with Crippen LogP contribution < -0.4 is 4.90 Å². The van der Waals surface area contributed by atoms with Crippen LogP contribution >= 0.6 is 11.6 Å². The molecule has 5 aromatic rings. The Morgan fingerprint density at radius 2 is 1.55 bits per heavy atom.